The third-order valence-electron chi connectivity index (χ3n) is 2.37. The molecule has 0 radical (unpaired) electrons. The lowest BCUT2D eigenvalue weighted by Crippen LogP contribution is -2.27. The fraction of sp³-hybridized carbons (Fsp3) is 0.538. The van der Waals surface area contributed by atoms with Crippen LogP contribution in [0.15, 0.2) is 24.3 Å². The summed E-state index contributed by atoms with van der Waals surface area (Å²) in [7, 11) is -1.57. The molecular formula is C13H23NO2Si. The van der Waals surface area contributed by atoms with E-state index in [9.17, 15) is 0 Å². The van der Waals surface area contributed by atoms with Gasteiger partial charge in [0.1, 0.15) is 0 Å². The highest BCUT2D eigenvalue weighted by Crippen LogP contribution is 2.10. The summed E-state index contributed by atoms with van der Waals surface area (Å²) in [4.78, 5) is 0. The van der Waals surface area contributed by atoms with Crippen molar-refractivity contribution in [2.45, 2.75) is 32.7 Å². The van der Waals surface area contributed by atoms with Gasteiger partial charge in [0.05, 0.1) is 0 Å². The first-order chi connectivity index (χ1) is 8.26. The van der Waals surface area contributed by atoms with Crippen molar-refractivity contribution in [1.29, 1.82) is 0 Å². The maximum atomic E-state index is 5.81. The van der Waals surface area contributed by atoms with Crippen LogP contribution in [0.4, 0.5) is 5.69 Å². The molecule has 1 aromatic carbocycles. The molecule has 0 saturated heterocycles. The van der Waals surface area contributed by atoms with Gasteiger partial charge in [-0.05, 0) is 30.5 Å². The van der Waals surface area contributed by atoms with Gasteiger partial charge in [0.15, 0.2) is 0 Å². The third-order valence-corrected chi connectivity index (χ3v) is 4.39. The van der Waals surface area contributed by atoms with Gasteiger partial charge in [-0.15, -0.1) is 0 Å². The van der Waals surface area contributed by atoms with E-state index in [4.69, 9.17) is 14.6 Å². The zero-order valence-corrected chi connectivity index (χ0v) is 12.0. The summed E-state index contributed by atoms with van der Waals surface area (Å²) in [6.45, 7) is 5.82. The molecule has 96 valence electrons. The molecule has 0 aliphatic carbocycles. The molecule has 1 rings (SSSR count). The highest BCUT2D eigenvalue weighted by atomic mass is 28.3. The van der Waals surface area contributed by atoms with Gasteiger partial charge in [-0.25, -0.2) is 0 Å². The Kier molecular flexibility index (Phi) is 6.92. The van der Waals surface area contributed by atoms with E-state index >= 15 is 0 Å². The van der Waals surface area contributed by atoms with E-state index in [1.807, 2.05) is 18.2 Å². The van der Waals surface area contributed by atoms with E-state index in [0.717, 1.165) is 37.8 Å². The van der Waals surface area contributed by atoms with Gasteiger partial charge in [-0.1, -0.05) is 26.0 Å². The minimum atomic E-state index is -1.57. The zero-order chi connectivity index (χ0) is 12.5. The van der Waals surface area contributed by atoms with Crippen LogP contribution in [0.3, 0.4) is 0 Å². The minimum Gasteiger partial charge on any atom is -0.399 e. The molecule has 0 atom stereocenters. The maximum Gasteiger partial charge on any atom is 0.325 e. The number of benzene rings is 1. The highest BCUT2D eigenvalue weighted by molar-refractivity contribution is 6.43. The van der Waals surface area contributed by atoms with Gasteiger partial charge in [-0.3, -0.25) is 0 Å². The van der Waals surface area contributed by atoms with Gasteiger partial charge in [0.2, 0.25) is 0 Å². The molecule has 17 heavy (non-hydrogen) atoms. The Morgan fingerprint density at radius 2 is 1.76 bits per heavy atom. The number of rotatable bonds is 8. The molecule has 0 aliphatic rings. The second-order valence-electron chi connectivity index (χ2n) is 4.12. The van der Waals surface area contributed by atoms with Gasteiger partial charge < -0.3 is 14.6 Å². The monoisotopic (exact) mass is 253 g/mol. The second kappa shape index (κ2) is 8.28. The van der Waals surface area contributed by atoms with Crippen molar-refractivity contribution in [3.8, 4) is 0 Å². The summed E-state index contributed by atoms with van der Waals surface area (Å²) in [6, 6.07) is 8.87. The minimum absolute atomic E-state index is 0.795. The standard InChI is InChI=1S/C13H23NO2Si/c1-3-8-15-17(16-9-4-2)11-12-6-5-7-13(14)10-12/h5-7,10,17H,3-4,8-9,11,14H2,1-2H3. The Bertz CT molecular complexity index is 312. The van der Waals surface area contributed by atoms with Crippen molar-refractivity contribution in [2.24, 2.45) is 0 Å². The molecule has 0 amide bonds. The molecule has 3 nitrogen and oxygen atoms in total. The molecule has 2 N–H and O–H groups in total. The summed E-state index contributed by atoms with van der Waals surface area (Å²) in [5, 5.41) is 0. The van der Waals surface area contributed by atoms with Crippen molar-refractivity contribution in [3.63, 3.8) is 0 Å². The highest BCUT2D eigenvalue weighted by Gasteiger charge is 2.13. The summed E-state index contributed by atoms with van der Waals surface area (Å²) >= 11 is 0. The Morgan fingerprint density at radius 1 is 1.12 bits per heavy atom. The number of hydrogen-bond acceptors (Lipinski definition) is 3. The van der Waals surface area contributed by atoms with Crippen molar-refractivity contribution in [2.75, 3.05) is 18.9 Å². The Balaban J connectivity index is 2.51. The number of nitrogen functional groups attached to an aromatic ring is 1. The molecule has 0 bridgehead atoms. The van der Waals surface area contributed by atoms with Crippen molar-refractivity contribution in [3.05, 3.63) is 29.8 Å². The van der Waals surface area contributed by atoms with E-state index in [2.05, 4.69) is 19.9 Å². The van der Waals surface area contributed by atoms with Crippen LogP contribution in [0, 0.1) is 0 Å². The van der Waals surface area contributed by atoms with Crippen LogP contribution in [0.2, 0.25) is 0 Å². The number of hydrogen-bond donors (Lipinski definition) is 1. The quantitative estimate of drug-likeness (QED) is 0.571. The van der Waals surface area contributed by atoms with Crippen molar-refractivity contribution in [1.82, 2.24) is 0 Å². The smallest absolute Gasteiger partial charge is 0.325 e. The largest absolute Gasteiger partial charge is 0.399 e. The fourth-order valence-electron chi connectivity index (χ4n) is 1.58. The third kappa shape index (κ3) is 5.86. The van der Waals surface area contributed by atoms with Crippen LogP contribution in [0.1, 0.15) is 32.3 Å². The summed E-state index contributed by atoms with van der Waals surface area (Å²) < 4.78 is 11.6. The van der Waals surface area contributed by atoms with Crippen LogP contribution in [0.25, 0.3) is 0 Å². The SMILES string of the molecule is CCCO[SiH](Cc1cccc(N)c1)OCCC. The van der Waals surface area contributed by atoms with Gasteiger partial charge in [-0.2, -0.15) is 0 Å². The van der Waals surface area contributed by atoms with Crippen LogP contribution >= 0.6 is 0 Å². The predicted octanol–water partition coefficient (Wildman–Crippen LogP) is 2.42. The Labute approximate surface area is 106 Å². The lowest BCUT2D eigenvalue weighted by atomic mass is 10.2. The summed E-state index contributed by atoms with van der Waals surface area (Å²) in [5.41, 5.74) is 7.79. The first kappa shape index (κ1) is 14.2. The van der Waals surface area contributed by atoms with Crippen LogP contribution in [0.5, 0.6) is 0 Å². The average molecular weight is 253 g/mol. The van der Waals surface area contributed by atoms with Gasteiger partial charge in [0.25, 0.3) is 0 Å². The molecule has 0 heterocycles. The maximum absolute atomic E-state index is 5.81. The molecule has 4 heteroatoms. The molecule has 0 saturated carbocycles. The molecule has 0 fully saturated rings. The molecule has 0 aliphatic heterocycles. The van der Waals surface area contributed by atoms with Crippen LogP contribution in [-0.2, 0) is 14.9 Å². The lowest BCUT2D eigenvalue weighted by Gasteiger charge is -2.16. The average Bonchev–Trinajstić information content (AvgIpc) is 2.32. The van der Waals surface area contributed by atoms with E-state index in [1.165, 1.54) is 5.56 Å². The zero-order valence-electron chi connectivity index (χ0n) is 10.8. The normalized spacial score (nSPS) is 11.0. The molecule has 0 spiro atoms. The predicted molar refractivity (Wildman–Crippen MR) is 74.2 cm³/mol. The number of anilines is 1. The van der Waals surface area contributed by atoms with E-state index in [-0.39, 0.29) is 0 Å². The molecule has 0 aromatic heterocycles. The van der Waals surface area contributed by atoms with Gasteiger partial charge >= 0.3 is 9.28 Å². The van der Waals surface area contributed by atoms with Gasteiger partial charge in [0, 0.05) is 24.9 Å². The molecular weight excluding hydrogens is 230 g/mol. The number of nitrogens with two attached hydrogens (primary N) is 1. The first-order valence-electron chi connectivity index (χ1n) is 6.33. The summed E-state index contributed by atoms with van der Waals surface area (Å²) in [6.07, 6.45) is 2.08. The first-order valence-corrected chi connectivity index (χ1v) is 8.09. The van der Waals surface area contributed by atoms with E-state index in [1.54, 1.807) is 0 Å². The van der Waals surface area contributed by atoms with E-state index < -0.39 is 9.28 Å². The molecule has 0 unspecified atom stereocenters. The Morgan fingerprint density at radius 3 is 2.29 bits per heavy atom. The van der Waals surface area contributed by atoms with E-state index in [0.29, 0.717) is 0 Å². The fourth-order valence-corrected chi connectivity index (χ4v) is 3.55. The van der Waals surface area contributed by atoms with Crippen LogP contribution in [-0.4, -0.2) is 22.5 Å². The van der Waals surface area contributed by atoms with Crippen molar-refractivity contribution >= 4 is 15.0 Å². The topological polar surface area (TPSA) is 44.5 Å². The van der Waals surface area contributed by atoms with Crippen LogP contribution < -0.4 is 5.73 Å². The van der Waals surface area contributed by atoms with Crippen molar-refractivity contribution < 1.29 is 8.85 Å². The Hall–Kier alpha value is -0.843. The molecule has 1 aromatic rings. The lowest BCUT2D eigenvalue weighted by molar-refractivity contribution is 0.196. The summed E-state index contributed by atoms with van der Waals surface area (Å²) in [5.74, 6) is 0. The second-order valence-corrected chi connectivity index (χ2v) is 6.05.